The predicted octanol–water partition coefficient (Wildman–Crippen LogP) is 2.04. The molecule has 0 saturated carbocycles. The summed E-state index contributed by atoms with van der Waals surface area (Å²) in [5, 5.41) is 8.63. The zero-order chi connectivity index (χ0) is 14.3. The molecule has 1 rings (SSSR count). The first-order valence-electron chi connectivity index (χ1n) is 6.32. The number of aliphatic hydroxyl groups is 1. The SMILES string of the molecule is CCCN(CC)C(=O)c1cc(C#CCO)ccc1F. The molecule has 0 bridgehead atoms. The molecule has 0 heterocycles. The first-order chi connectivity index (χ1) is 9.13. The van der Waals surface area contributed by atoms with E-state index >= 15 is 0 Å². The Morgan fingerprint density at radius 2 is 2.16 bits per heavy atom. The van der Waals surface area contributed by atoms with Crippen molar-refractivity contribution in [1.29, 1.82) is 0 Å². The van der Waals surface area contributed by atoms with Gasteiger partial charge in [-0.05, 0) is 31.5 Å². The van der Waals surface area contributed by atoms with Crippen LogP contribution >= 0.6 is 0 Å². The number of amides is 1. The third-order valence-corrected chi connectivity index (χ3v) is 2.67. The molecule has 0 aliphatic carbocycles. The third kappa shape index (κ3) is 4.08. The van der Waals surface area contributed by atoms with Crippen LogP contribution in [0.15, 0.2) is 18.2 Å². The zero-order valence-electron chi connectivity index (χ0n) is 11.2. The van der Waals surface area contributed by atoms with E-state index < -0.39 is 5.82 Å². The van der Waals surface area contributed by atoms with E-state index in [9.17, 15) is 9.18 Å². The van der Waals surface area contributed by atoms with Gasteiger partial charge in [0, 0.05) is 18.7 Å². The van der Waals surface area contributed by atoms with Crippen molar-refractivity contribution in [2.45, 2.75) is 20.3 Å². The van der Waals surface area contributed by atoms with Crippen LogP contribution in [0.5, 0.6) is 0 Å². The molecular weight excluding hydrogens is 245 g/mol. The van der Waals surface area contributed by atoms with Gasteiger partial charge in [0.15, 0.2) is 0 Å². The van der Waals surface area contributed by atoms with E-state index in [0.29, 0.717) is 18.7 Å². The van der Waals surface area contributed by atoms with Crippen molar-refractivity contribution < 1.29 is 14.3 Å². The Bertz CT molecular complexity index is 503. The molecule has 1 aromatic carbocycles. The van der Waals surface area contributed by atoms with E-state index in [1.54, 1.807) is 4.90 Å². The second-order valence-electron chi connectivity index (χ2n) is 4.04. The molecule has 3 nitrogen and oxygen atoms in total. The van der Waals surface area contributed by atoms with Crippen LogP contribution in [-0.4, -0.2) is 35.6 Å². The van der Waals surface area contributed by atoms with E-state index in [4.69, 9.17) is 5.11 Å². The molecule has 0 aromatic heterocycles. The van der Waals surface area contributed by atoms with E-state index in [2.05, 4.69) is 11.8 Å². The van der Waals surface area contributed by atoms with Crippen LogP contribution in [0.25, 0.3) is 0 Å². The molecule has 1 N–H and O–H groups in total. The number of nitrogens with zero attached hydrogens (tertiary/aromatic N) is 1. The van der Waals surface area contributed by atoms with E-state index in [-0.39, 0.29) is 18.1 Å². The fourth-order valence-corrected chi connectivity index (χ4v) is 1.75. The van der Waals surface area contributed by atoms with E-state index in [1.807, 2.05) is 13.8 Å². The Balaban J connectivity index is 3.07. The number of halogens is 1. The lowest BCUT2D eigenvalue weighted by Gasteiger charge is -2.20. The van der Waals surface area contributed by atoms with Crippen LogP contribution in [0.4, 0.5) is 4.39 Å². The van der Waals surface area contributed by atoms with Gasteiger partial charge in [0.2, 0.25) is 0 Å². The second-order valence-corrected chi connectivity index (χ2v) is 4.04. The minimum Gasteiger partial charge on any atom is -0.384 e. The number of hydrogen-bond acceptors (Lipinski definition) is 2. The van der Waals surface area contributed by atoms with Crippen molar-refractivity contribution in [3.63, 3.8) is 0 Å². The lowest BCUT2D eigenvalue weighted by atomic mass is 10.1. The number of carbonyl (C=O) groups excluding carboxylic acids is 1. The quantitative estimate of drug-likeness (QED) is 0.845. The Labute approximate surface area is 113 Å². The van der Waals surface area contributed by atoms with Gasteiger partial charge >= 0.3 is 0 Å². The smallest absolute Gasteiger partial charge is 0.256 e. The maximum absolute atomic E-state index is 13.7. The summed E-state index contributed by atoms with van der Waals surface area (Å²) >= 11 is 0. The molecule has 0 aliphatic rings. The predicted molar refractivity (Wildman–Crippen MR) is 72.2 cm³/mol. The van der Waals surface area contributed by atoms with Gasteiger partial charge in [-0.2, -0.15) is 0 Å². The van der Waals surface area contributed by atoms with E-state index in [0.717, 1.165) is 6.42 Å². The largest absolute Gasteiger partial charge is 0.384 e. The molecular formula is C15H18FNO2. The van der Waals surface area contributed by atoms with Crippen molar-refractivity contribution >= 4 is 5.91 Å². The first-order valence-corrected chi connectivity index (χ1v) is 6.32. The van der Waals surface area contributed by atoms with Gasteiger partial charge in [-0.15, -0.1) is 0 Å². The van der Waals surface area contributed by atoms with Gasteiger partial charge in [-0.25, -0.2) is 4.39 Å². The van der Waals surface area contributed by atoms with Crippen LogP contribution in [0.2, 0.25) is 0 Å². The average molecular weight is 263 g/mol. The molecule has 0 saturated heterocycles. The number of benzene rings is 1. The minimum atomic E-state index is -0.547. The summed E-state index contributed by atoms with van der Waals surface area (Å²) in [6.45, 7) is 4.70. The molecule has 19 heavy (non-hydrogen) atoms. The van der Waals surface area contributed by atoms with Gasteiger partial charge in [0.05, 0.1) is 5.56 Å². The van der Waals surface area contributed by atoms with Crippen LogP contribution in [0, 0.1) is 17.7 Å². The summed E-state index contributed by atoms with van der Waals surface area (Å²) in [6.07, 6.45) is 0.825. The van der Waals surface area contributed by atoms with Crippen molar-refractivity contribution in [2.24, 2.45) is 0 Å². The van der Waals surface area contributed by atoms with Gasteiger partial charge in [-0.1, -0.05) is 18.8 Å². The zero-order valence-corrected chi connectivity index (χ0v) is 11.2. The summed E-state index contributed by atoms with van der Waals surface area (Å²) in [6, 6.07) is 4.15. The number of hydrogen-bond donors (Lipinski definition) is 1. The normalized spacial score (nSPS) is 9.68. The highest BCUT2D eigenvalue weighted by atomic mass is 19.1. The van der Waals surface area contributed by atoms with Gasteiger partial charge in [0.1, 0.15) is 12.4 Å². The molecule has 1 amide bonds. The lowest BCUT2D eigenvalue weighted by molar-refractivity contribution is 0.0759. The first kappa shape index (κ1) is 15.2. The highest BCUT2D eigenvalue weighted by Gasteiger charge is 2.17. The Morgan fingerprint density at radius 1 is 1.42 bits per heavy atom. The summed E-state index contributed by atoms with van der Waals surface area (Å²) in [5.74, 6) is 4.27. The Morgan fingerprint density at radius 3 is 2.74 bits per heavy atom. The van der Waals surface area contributed by atoms with Crippen molar-refractivity contribution in [3.05, 3.63) is 35.1 Å². The summed E-state index contributed by atoms with van der Waals surface area (Å²) < 4.78 is 13.7. The van der Waals surface area contributed by atoms with Crippen molar-refractivity contribution in [1.82, 2.24) is 4.90 Å². The number of rotatable bonds is 4. The van der Waals surface area contributed by atoms with Crippen molar-refractivity contribution in [3.8, 4) is 11.8 Å². The fourth-order valence-electron chi connectivity index (χ4n) is 1.75. The molecule has 0 aliphatic heterocycles. The van der Waals surface area contributed by atoms with Gasteiger partial charge < -0.3 is 10.0 Å². The maximum Gasteiger partial charge on any atom is 0.256 e. The van der Waals surface area contributed by atoms with Crippen LogP contribution in [0.3, 0.4) is 0 Å². The summed E-state index contributed by atoms with van der Waals surface area (Å²) in [7, 11) is 0. The average Bonchev–Trinajstić information content (AvgIpc) is 2.43. The molecule has 0 radical (unpaired) electrons. The van der Waals surface area contributed by atoms with Crippen LogP contribution < -0.4 is 0 Å². The highest BCUT2D eigenvalue weighted by molar-refractivity contribution is 5.94. The van der Waals surface area contributed by atoms with Crippen LogP contribution in [-0.2, 0) is 0 Å². The Kier molecular flexibility index (Phi) is 6.04. The molecule has 4 heteroatoms. The molecule has 0 atom stereocenters. The van der Waals surface area contributed by atoms with E-state index in [1.165, 1.54) is 18.2 Å². The Hall–Kier alpha value is -1.86. The van der Waals surface area contributed by atoms with Gasteiger partial charge in [-0.3, -0.25) is 4.79 Å². The summed E-state index contributed by atoms with van der Waals surface area (Å²) in [5.41, 5.74) is 0.548. The topological polar surface area (TPSA) is 40.5 Å². The third-order valence-electron chi connectivity index (χ3n) is 2.67. The fraction of sp³-hybridized carbons (Fsp3) is 0.400. The standard InChI is InChI=1S/C15H18FNO2/c1-3-9-17(4-2)15(19)13-11-12(6-5-10-18)7-8-14(13)16/h7-8,11,18H,3-4,9-10H2,1-2H3. The minimum absolute atomic E-state index is 0.0278. The van der Waals surface area contributed by atoms with Crippen molar-refractivity contribution in [2.75, 3.05) is 19.7 Å². The molecule has 102 valence electrons. The summed E-state index contributed by atoms with van der Waals surface area (Å²) in [4.78, 5) is 13.8. The lowest BCUT2D eigenvalue weighted by Crippen LogP contribution is -2.32. The molecule has 0 fully saturated rings. The number of carbonyl (C=O) groups is 1. The van der Waals surface area contributed by atoms with Gasteiger partial charge in [0.25, 0.3) is 5.91 Å². The second kappa shape index (κ2) is 7.55. The highest BCUT2D eigenvalue weighted by Crippen LogP contribution is 2.13. The molecule has 0 unspecified atom stereocenters. The molecule has 0 spiro atoms. The van der Waals surface area contributed by atoms with Crippen LogP contribution in [0.1, 0.15) is 36.2 Å². The monoisotopic (exact) mass is 263 g/mol. The number of aliphatic hydroxyl groups excluding tert-OH is 1. The maximum atomic E-state index is 13.7. The molecule has 1 aromatic rings.